The second-order valence-corrected chi connectivity index (χ2v) is 9.67. The average molecular weight is 553 g/mol. The van der Waals surface area contributed by atoms with Gasteiger partial charge in [-0.2, -0.15) is 0 Å². The van der Waals surface area contributed by atoms with Gasteiger partial charge in [-0.3, -0.25) is 9.59 Å². The van der Waals surface area contributed by atoms with Gasteiger partial charge in [-0.05, 0) is 60.4 Å². The molecular weight excluding hydrogens is 520 g/mol. The number of ketones is 1. The van der Waals surface area contributed by atoms with E-state index in [-0.39, 0.29) is 24.7 Å². The summed E-state index contributed by atoms with van der Waals surface area (Å²) in [5, 5.41) is 11.6. The van der Waals surface area contributed by atoms with E-state index in [1.165, 1.54) is 0 Å². The zero-order valence-electron chi connectivity index (χ0n) is 22.7. The highest BCUT2D eigenvalue weighted by atomic mass is 16.5. The van der Waals surface area contributed by atoms with Gasteiger partial charge in [0.15, 0.2) is 5.78 Å². The first-order valence-corrected chi connectivity index (χ1v) is 13.4. The number of amides is 1. The van der Waals surface area contributed by atoms with E-state index in [2.05, 4.69) is 20.6 Å². The Morgan fingerprint density at radius 2 is 1.80 bits per heavy atom. The number of carbonyl (C=O) groups is 2. The van der Waals surface area contributed by atoms with E-state index in [9.17, 15) is 9.59 Å². The number of hydrogen-bond donors (Lipinski definition) is 3. The molecule has 0 radical (unpaired) electrons. The molecule has 0 aliphatic carbocycles. The number of para-hydroxylation sites is 2. The maximum Gasteiger partial charge on any atom is 0.221 e. The van der Waals surface area contributed by atoms with E-state index in [4.69, 9.17) is 15.2 Å². The molecule has 10 nitrogen and oxygen atoms in total. The third-order valence-corrected chi connectivity index (χ3v) is 7.01. The number of benzene rings is 3. The molecule has 4 N–H and O–H groups in total. The zero-order valence-corrected chi connectivity index (χ0v) is 22.7. The minimum Gasteiger partial charge on any atom is -0.496 e. The summed E-state index contributed by atoms with van der Waals surface area (Å²) in [7, 11) is 1.60. The van der Waals surface area contributed by atoms with Crippen LogP contribution in [0.25, 0.3) is 16.6 Å². The number of H-pyrrole nitrogens is 1. The van der Waals surface area contributed by atoms with Crippen LogP contribution in [-0.2, 0) is 22.4 Å². The van der Waals surface area contributed by atoms with Crippen LogP contribution in [0, 0.1) is 5.92 Å². The topological polar surface area (TPSA) is 137 Å². The smallest absolute Gasteiger partial charge is 0.221 e. The standard InChI is InChI=1S/C31H32N6O4/c1-40-29-9-5-2-6-21(29)10-15-30(39)35-31(32)26(18-22-19-33-27-8-4-3-7-25(22)27)28(38)20-41-24-13-11-23(12-14-24)37-17-16-34-36-37/h2-9,11-14,16-17,19,26,31,33H,10,15,18,20,32H2,1H3,(H,35,39). The Morgan fingerprint density at radius 3 is 2.59 bits per heavy atom. The number of rotatable bonds is 13. The second kappa shape index (κ2) is 12.9. The van der Waals surface area contributed by atoms with E-state index in [1.807, 2.05) is 66.9 Å². The fourth-order valence-corrected chi connectivity index (χ4v) is 4.80. The number of fused-ring (bicyclic) bond motifs is 1. The van der Waals surface area contributed by atoms with Crippen molar-refractivity contribution in [3.05, 3.63) is 103 Å². The summed E-state index contributed by atoms with van der Waals surface area (Å²) in [6, 6.07) is 22.6. The highest BCUT2D eigenvalue weighted by Crippen LogP contribution is 2.23. The zero-order chi connectivity index (χ0) is 28.6. The maximum absolute atomic E-state index is 13.5. The van der Waals surface area contributed by atoms with Crippen LogP contribution in [0.4, 0.5) is 0 Å². The van der Waals surface area contributed by atoms with Gasteiger partial charge in [0.2, 0.25) is 5.91 Å². The number of Topliss-reactive ketones (excluding diaryl/α,β-unsaturated/α-hetero) is 1. The third kappa shape index (κ3) is 6.79. The minimum atomic E-state index is -0.903. The number of aromatic nitrogens is 4. The minimum absolute atomic E-state index is 0.194. The van der Waals surface area contributed by atoms with E-state index in [0.29, 0.717) is 18.6 Å². The van der Waals surface area contributed by atoms with Crippen molar-refractivity contribution < 1.29 is 19.1 Å². The summed E-state index contributed by atoms with van der Waals surface area (Å²) >= 11 is 0. The van der Waals surface area contributed by atoms with Crippen LogP contribution in [0.2, 0.25) is 0 Å². The number of nitrogens with one attached hydrogen (secondary N) is 2. The van der Waals surface area contributed by atoms with Crippen LogP contribution in [0.15, 0.2) is 91.4 Å². The van der Waals surface area contributed by atoms with Gasteiger partial charge in [-0.1, -0.05) is 41.6 Å². The number of carbonyl (C=O) groups excluding carboxylic acids is 2. The second-order valence-electron chi connectivity index (χ2n) is 9.67. The molecule has 0 aliphatic heterocycles. The first-order valence-electron chi connectivity index (χ1n) is 13.4. The molecule has 10 heteroatoms. The highest BCUT2D eigenvalue weighted by molar-refractivity contribution is 5.87. The van der Waals surface area contributed by atoms with E-state index < -0.39 is 12.1 Å². The van der Waals surface area contributed by atoms with Crippen molar-refractivity contribution in [3.8, 4) is 17.2 Å². The Bertz CT molecular complexity index is 1600. The van der Waals surface area contributed by atoms with E-state index >= 15 is 0 Å². The summed E-state index contributed by atoms with van der Waals surface area (Å²) in [6.45, 7) is -0.194. The molecule has 2 atom stereocenters. The van der Waals surface area contributed by atoms with Crippen LogP contribution in [0.3, 0.4) is 0 Å². The van der Waals surface area contributed by atoms with Crippen LogP contribution >= 0.6 is 0 Å². The van der Waals surface area contributed by atoms with Crippen LogP contribution in [0.1, 0.15) is 17.5 Å². The molecule has 3 aromatic carbocycles. The van der Waals surface area contributed by atoms with Gasteiger partial charge in [0.1, 0.15) is 18.1 Å². The molecular formula is C31H32N6O4. The van der Waals surface area contributed by atoms with Gasteiger partial charge < -0.3 is 25.5 Å². The molecule has 5 aromatic rings. The normalized spacial score (nSPS) is 12.5. The molecule has 210 valence electrons. The average Bonchev–Trinajstić information content (AvgIpc) is 3.69. The molecule has 5 rings (SSSR count). The summed E-state index contributed by atoms with van der Waals surface area (Å²) in [4.78, 5) is 29.6. The number of aryl methyl sites for hydroxylation is 1. The third-order valence-electron chi connectivity index (χ3n) is 7.01. The molecule has 0 bridgehead atoms. The lowest BCUT2D eigenvalue weighted by Gasteiger charge is -2.24. The first-order chi connectivity index (χ1) is 20.0. The summed E-state index contributed by atoms with van der Waals surface area (Å²) in [5.41, 5.74) is 10.1. The van der Waals surface area contributed by atoms with Crippen LogP contribution in [0.5, 0.6) is 11.5 Å². The Morgan fingerprint density at radius 1 is 1.02 bits per heavy atom. The monoisotopic (exact) mass is 552 g/mol. The first kappa shape index (κ1) is 27.6. The van der Waals surface area contributed by atoms with Crippen molar-refractivity contribution in [3.63, 3.8) is 0 Å². The number of hydrogen-bond acceptors (Lipinski definition) is 7. The molecule has 0 spiro atoms. The Labute approximate surface area is 237 Å². The number of ether oxygens (including phenoxy) is 2. The van der Waals surface area contributed by atoms with Crippen molar-refractivity contribution in [2.45, 2.75) is 25.4 Å². The largest absolute Gasteiger partial charge is 0.496 e. The molecule has 2 unspecified atom stereocenters. The quantitative estimate of drug-likeness (QED) is 0.190. The van der Waals surface area contributed by atoms with Crippen molar-refractivity contribution in [1.29, 1.82) is 0 Å². The van der Waals surface area contributed by atoms with Gasteiger partial charge in [0.25, 0.3) is 0 Å². The van der Waals surface area contributed by atoms with Crippen molar-refractivity contribution in [2.75, 3.05) is 13.7 Å². The molecule has 0 saturated carbocycles. The predicted octanol–water partition coefficient (Wildman–Crippen LogP) is 3.60. The van der Waals surface area contributed by atoms with Gasteiger partial charge >= 0.3 is 0 Å². The van der Waals surface area contributed by atoms with Crippen molar-refractivity contribution in [1.82, 2.24) is 25.3 Å². The predicted molar refractivity (Wildman–Crippen MR) is 155 cm³/mol. The van der Waals surface area contributed by atoms with Gasteiger partial charge in [0.05, 0.1) is 37.3 Å². The lowest BCUT2D eigenvalue weighted by molar-refractivity contribution is -0.127. The maximum atomic E-state index is 13.5. The van der Waals surface area contributed by atoms with Crippen molar-refractivity contribution in [2.24, 2.45) is 11.7 Å². The number of aromatic amines is 1. The van der Waals surface area contributed by atoms with Gasteiger partial charge in [-0.25, -0.2) is 4.68 Å². The van der Waals surface area contributed by atoms with Gasteiger partial charge in [-0.15, -0.1) is 5.10 Å². The van der Waals surface area contributed by atoms with Crippen LogP contribution < -0.4 is 20.5 Å². The molecule has 2 heterocycles. The summed E-state index contributed by atoms with van der Waals surface area (Å²) in [6.07, 6.45) is 5.34. The highest BCUT2D eigenvalue weighted by Gasteiger charge is 2.28. The van der Waals surface area contributed by atoms with Crippen molar-refractivity contribution >= 4 is 22.6 Å². The molecule has 2 aromatic heterocycles. The number of methoxy groups -OCH3 is 1. The SMILES string of the molecule is COc1ccccc1CCC(=O)NC(N)C(Cc1c[nH]c2ccccc12)C(=O)COc1ccc(-n2ccnn2)cc1. The molecule has 41 heavy (non-hydrogen) atoms. The van der Waals surface area contributed by atoms with E-state index in [0.717, 1.165) is 33.5 Å². The Hall–Kier alpha value is -4.96. The summed E-state index contributed by atoms with van der Waals surface area (Å²) < 4.78 is 12.8. The number of nitrogens with two attached hydrogens (primary N) is 1. The fraction of sp³-hybridized carbons (Fsp3) is 0.226. The lowest BCUT2D eigenvalue weighted by Crippen LogP contribution is -2.51. The Kier molecular flexibility index (Phi) is 8.70. The van der Waals surface area contributed by atoms with Gasteiger partial charge in [0, 0.05) is 23.5 Å². The number of nitrogens with zero attached hydrogens (tertiary/aromatic N) is 3. The summed E-state index contributed by atoms with van der Waals surface area (Å²) in [5.74, 6) is 0.0858. The lowest BCUT2D eigenvalue weighted by atomic mass is 9.92. The van der Waals surface area contributed by atoms with E-state index in [1.54, 1.807) is 36.3 Å². The molecule has 0 saturated heterocycles. The Balaban J connectivity index is 1.26. The van der Waals surface area contributed by atoms with Crippen LogP contribution in [-0.4, -0.2) is 51.6 Å². The molecule has 0 aliphatic rings. The molecule has 1 amide bonds. The molecule has 0 fully saturated rings. The fourth-order valence-electron chi connectivity index (χ4n) is 4.80.